The second-order valence-electron chi connectivity index (χ2n) is 10.3. The average molecular weight is 628 g/mol. The lowest BCUT2D eigenvalue weighted by Gasteiger charge is -2.18. The van der Waals surface area contributed by atoms with Gasteiger partial charge in [0, 0.05) is 18.0 Å². The molecule has 6 aromatic rings. The Morgan fingerprint density at radius 1 is 1.12 bits per heavy atom. The maximum Gasteiger partial charge on any atom is 0.265 e. The summed E-state index contributed by atoms with van der Waals surface area (Å²) >= 11 is 7.86. The fraction of sp³-hybridized carbons (Fsp3) is 0.194. The van der Waals surface area contributed by atoms with Gasteiger partial charge in [-0.05, 0) is 67.5 Å². The number of fused-ring (bicyclic) bond motifs is 2. The zero-order valence-corrected chi connectivity index (χ0v) is 26.5. The van der Waals surface area contributed by atoms with Gasteiger partial charge in [-0.15, -0.1) is 20.6 Å². The minimum absolute atomic E-state index is 0.0797. The van der Waals surface area contributed by atoms with E-state index in [1.807, 2.05) is 61.9 Å². The van der Waals surface area contributed by atoms with Gasteiger partial charge in [-0.2, -0.15) is 10.4 Å². The lowest BCUT2D eigenvalue weighted by atomic mass is 9.97. The van der Waals surface area contributed by atoms with Crippen LogP contribution in [0.15, 0.2) is 65.0 Å². The van der Waals surface area contributed by atoms with Gasteiger partial charge in [-0.1, -0.05) is 29.8 Å². The second kappa shape index (κ2) is 11.4. The standard InChI is InChI=1S/C31H27ClN7O2PS/c1-16(2)41-23-9-8-19(10-20(23)13-33)28-27-29(34-4)35-15-36-30(27)39(37-28)17(3)22-12-25-38(24(32)14-43-25)31(40)26(22)18-6-5-7-21(42)11-18/h5-12,14-17H,42H2,1-4H3,(H,34,35,36)/t17-/m0/s1. The van der Waals surface area contributed by atoms with E-state index in [2.05, 4.69) is 30.6 Å². The number of nitriles is 1. The van der Waals surface area contributed by atoms with E-state index in [0.29, 0.717) is 50.1 Å². The number of hydrogen-bond donors (Lipinski definition) is 1. The number of aromatic nitrogens is 5. The molecule has 0 bridgehead atoms. The van der Waals surface area contributed by atoms with Crippen LogP contribution in [0.1, 0.15) is 37.9 Å². The summed E-state index contributed by atoms with van der Waals surface area (Å²) in [6.45, 7) is 5.82. The van der Waals surface area contributed by atoms with Crippen LogP contribution >= 0.6 is 32.2 Å². The topological polar surface area (TPSA) is 110 Å². The summed E-state index contributed by atoms with van der Waals surface area (Å²) < 4.78 is 9.19. The third-order valence-electron chi connectivity index (χ3n) is 7.15. The molecule has 1 N–H and O–H groups in total. The third-order valence-corrected chi connectivity index (χ3v) is 8.80. The lowest BCUT2D eigenvalue weighted by Crippen LogP contribution is -2.21. The van der Waals surface area contributed by atoms with Crippen LogP contribution in [0.2, 0.25) is 5.15 Å². The van der Waals surface area contributed by atoms with Crippen LogP contribution in [0, 0.1) is 11.3 Å². The van der Waals surface area contributed by atoms with E-state index < -0.39 is 6.04 Å². The molecule has 0 saturated carbocycles. The van der Waals surface area contributed by atoms with Gasteiger partial charge < -0.3 is 10.1 Å². The largest absolute Gasteiger partial charge is 0.490 e. The van der Waals surface area contributed by atoms with Crippen molar-refractivity contribution in [1.29, 1.82) is 5.26 Å². The quantitative estimate of drug-likeness (QED) is 0.207. The number of nitrogens with one attached hydrogen (secondary N) is 1. The van der Waals surface area contributed by atoms with Crippen molar-refractivity contribution in [2.75, 3.05) is 12.4 Å². The Morgan fingerprint density at radius 3 is 2.65 bits per heavy atom. The van der Waals surface area contributed by atoms with E-state index in [1.54, 1.807) is 24.6 Å². The van der Waals surface area contributed by atoms with Gasteiger partial charge in [-0.25, -0.2) is 14.6 Å². The predicted molar refractivity (Wildman–Crippen MR) is 176 cm³/mol. The number of anilines is 1. The maximum absolute atomic E-state index is 14.0. The second-order valence-corrected chi connectivity index (χ2v) is 12.2. The summed E-state index contributed by atoms with van der Waals surface area (Å²) in [5.41, 5.74) is 4.18. The van der Waals surface area contributed by atoms with Gasteiger partial charge in [-0.3, -0.25) is 9.20 Å². The number of rotatable bonds is 7. The smallest absolute Gasteiger partial charge is 0.265 e. The molecule has 216 valence electrons. The molecule has 9 nitrogen and oxygen atoms in total. The molecule has 43 heavy (non-hydrogen) atoms. The van der Waals surface area contributed by atoms with Gasteiger partial charge in [0.15, 0.2) is 5.65 Å². The van der Waals surface area contributed by atoms with Crippen molar-refractivity contribution < 1.29 is 4.74 Å². The molecule has 4 aromatic heterocycles. The molecule has 12 heteroatoms. The fourth-order valence-corrected chi connectivity index (χ4v) is 6.70. The van der Waals surface area contributed by atoms with Crippen LogP contribution in [0.3, 0.4) is 0 Å². The Bertz CT molecular complexity index is 2130. The highest BCUT2D eigenvalue weighted by molar-refractivity contribution is 7.27. The average Bonchev–Trinajstić information content (AvgIpc) is 3.57. The van der Waals surface area contributed by atoms with E-state index in [-0.39, 0.29) is 11.7 Å². The first-order chi connectivity index (χ1) is 20.7. The first-order valence-electron chi connectivity index (χ1n) is 13.5. The van der Waals surface area contributed by atoms with E-state index in [0.717, 1.165) is 21.3 Å². The van der Waals surface area contributed by atoms with Crippen LogP contribution in [0.25, 0.3) is 38.2 Å². The van der Waals surface area contributed by atoms with Gasteiger partial charge in [0.1, 0.15) is 39.6 Å². The Hall–Kier alpha value is -4.29. The Labute approximate surface area is 259 Å². The van der Waals surface area contributed by atoms with E-state index >= 15 is 0 Å². The highest BCUT2D eigenvalue weighted by Gasteiger charge is 2.26. The van der Waals surface area contributed by atoms with Crippen LogP contribution in [0.5, 0.6) is 5.75 Å². The summed E-state index contributed by atoms with van der Waals surface area (Å²) in [4.78, 5) is 23.8. The molecular weight excluding hydrogens is 601 g/mol. The number of halogens is 1. The zero-order chi connectivity index (χ0) is 30.4. The van der Waals surface area contributed by atoms with Crippen LogP contribution in [-0.2, 0) is 0 Å². The zero-order valence-electron chi connectivity index (χ0n) is 23.8. The van der Waals surface area contributed by atoms with Crippen LogP contribution < -0.4 is 20.9 Å². The summed E-state index contributed by atoms with van der Waals surface area (Å²) in [6.07, 6.45) is 1.41. The number of pyridine rings is 1. The molecule has 0 saturated heterocycles. The minimum atomic E-state index is -0.420. The normalized spacial score (nSPS) is 12.1. The van der Waals surface area contributed by atoms with Crippen molar-refractivity contribution in [3.05, 3.63) is 86.9 Å². The maximum atomic E-state index is 14.0. The van der Waals surface area contributed by atoms with Gasteiger partial charge >= 0.3 is 0 Å². The van der Waals surface area contributed by atoms with Crippen molar-refractivity contribution in [1.82, 2.24) is 24.1 Å². The highest BCUT2D eigenvalue weighted by Crippen LogP contribution is 2.38. The highest BCUT2D eigenvalue weighted by atomic mass is 35.5. The molecule has 0 radical (unpaired) electrons. The predicted octanol–water partition coefficient (Wildman–Crippen LogP) is 6.30. The van der Waals surface area contributed by atoms with Gasteiger partial charge in [0.05, 0.1) is 28.7 Å². The fourth-order valence-electron chi connectivity index (χ4n) is 5.26. The Balaban J connectivity index is 1.61. The van der Waals surface area contributed by atoms with Crippen LogP contribution in [-0.4, -0.2) is 37.3 Å². The molecule has 4 heterocycles. The molecule has 0 aliphatic carbocycles. The first kappa shape index (κ1) is 28.8. The Morgan fingerprint density at radius 2 is 1.93 bits per heavy atom. The molecule has 0 spiro atoms. The van der Waals surface area contributed by atoms with Crippen molar-refractivity contribution >= 4 is 59.2 Å². The molecule has 0 amide bonds. The molecule has 6 rings (SSSR count). The van der Waals surface area contributed by atoms with E-state index in [4.69, 9.17) is 21.4 Å². The third kappa shape index (κ3) is 5.04. The van der Waals surface area contributed by atoms with Crippen molar-refractivity contribution in [3.8, 4) is 34.2 Å². The van der Waals surface area contributed by atoms with E-state index in [1.165, 1.54) is 22.1 Å². The molecule has 2 aromatic carbocycles. The monoisotopic (exact) mass is 627 g/mol. The molecular formula is C31H27ClN7O2PS. The van der Waals surface area contributed by atoms with Gasteiger partial charge in [0.25, 0.3) is 5.56 Å². The van der Waals surface area contributed by atoms with Crippen molar-refractivity contribution in [2.24, 2.45) is 0 Å². The van der Waals surface area contributed by atoms with Crippen molar-refractivity contribution in [2.45, 2.75) is 32.9 Å². The first-order valence-corrected chi connectivity index (χ1v) is 15.4. The Kier molecular flexibility index (Phi) is 7.65. The van der Waals surface area contributed by atoms with Crippen molar-refractivity contribution in [3.63, 3.8) is 0 Å². The lowest BCUT2D eigenvalue weighted by molar-refractivity contribution is 0.242. The summed E-state index contributed by atoms with van der Waals surface area (Å²) in [5.74, 6) is 1.10. The molecule has 1 unspecified atom stereocenters. The van der Waals surface area contributed by atoms with Crippen LogP contribution in [0.4, 0.5) is 5.82 Å². The van der Waals surface area contributed by atoms with Gasteiger partial charge in [0.2, 0.25) is 0 Å². The molecule has 2 atom stereocenters. The summed E-state index contributed by atoms with van der Waals surface area (Å²) in [7, 11) is 4.47. The number of benzene rings is 2. The number of ether oxygens (including phenoxy) is 1. The SMILES string of the molecule is CNc1ncnc2c1c(-c1ccc(OC(C)C)c(C#N)c1)nn2[C@@H](C)c1cc2scc(Cl)n2c(=O)c1-c1cccc(P)c1. The van der Waals surface area contributed by atoms with E-state index in [9.17, 15) is 10.1 Å². The molecule has 0 fully saturated rings. The number of thiazole rings is 1. The summed E-state index contributed by atoms with van der Waals surface area (Å²) in [6, 6.07) is 17.0. The molecule has 0 aliphatic rings. The minimum Gasteiger partial charge on any atom is -0.490 e. The number of nitrogens with zero attached hydrogens (tertiary/aromatic N) is 6. The number of hydrogen-bond acceptors (Lipinski definition) is 8. The molecule has 0 aliphatic heterocycles. The summed E-state index contributed by atoms with van der Waals surface area (Å²) in [5, 5.41) is 21.9.